The Kier molecular flexibility index (Phi) is 2.84. The summed E-state index contributed by atoms with van der Waals surface area (Å²) in [7, 11) is -0.381. The average Bonchev–Trinajstić information content (AvgIpc) is 3.35. The number of sulfonamides is 1. The Morgan fingerprint density at radius 1 is 1.09 bits per heavy atom. The summed E-state index contributed by atoms with van der Waals surface area (Å²) in [6.07, 6.45) is 4.31. The maximum absolute atomic E-state index is 12.6. The first-order chi connectivity index (χ1) is 10.4. The van der Waals surface area contributed by atoms with Gasteiger partial charge in [-0.3, -0.25) is 4.68 Å². The Morgan fingerprint density at radius 3 is 2.41 bits per heavy atom. The molecule has 0 unspecified atom stereocenters. The van der Waals surface area contributed by atoms with Crippen LogP contribution >= 0.6 is 0 Å². The van der Waals surface area contributed by atoms with Gasteiger partial charge in [0.25, 0.3) is 10.0 Å². The molecule has 0 aromatic carbocycles. The molecule has 2 aliphatic carbocycles. The number of nitrogens with zero attached hydrogens (tertiary/aromatic N) is 5. The number of hydrogen-bond donors (Lipinski definition) is 1. The third-order valence-corrected chi connectivity index (χ3v) is 5.46. The number of anilines is 1. The smallest absolute Gasteiger partial charge is 0.255 e. The second kappa shape index (κ2) is 4.55. The number of hydrogen-bond acceptors (Lipinski definition) is 5. The van der Waals surface area contributed by atoms with Crippen molar-refractivity contribution in [3.05, 3.63) is 17.6 Å². The fourth-order valence-electron chi connectivity index (χ4n) is 2.48. The van der Waals surface area contributed by atoms with E-state index in [1.54, 1.807) is 20.2 Å². The molecule has 0 bridgehead atoms. The third-order valence-electron chi connectivity index (χ3n) is 4.07. The van der Waals surface area contributed by atoms with Gasteiger partial charge >= 0.3 is 0 Å². The van der Waals surface area contributed by atoms with Crippen LogP contribution in [0.2, 0.25) is 0 Å². The van der Waals surface area contributed by atoms with Crippen molar-refractivity contribution in [2.45, 2.75) is 42.5 Å². The number of rotatable bonds is 5. The molecule has 2 heterocycles. The maximum atomic E-state index is 12.6. The lowest BCUT2D eigenvalue weighted by Gasteiger charge is -2.06. The van der Waals surface area contributed by atoms with Crippen molar-refractivity contribution in [1.29, 1.82) is 0 Å². The maximum Gasteiger partial charge on any atom is 0.281 e. The van der Waals surface area contributed by atoms with Gasteiger partial charge < -0.3 is 0 Å². The minimum Gasteiger partial charge on any atom is -0.255 e. The highest BCUT2D eigenvalue weighted by atomic mass is 32.2. The first-order valence-electron chi connectivity index (χ1n) is 7.42. The van der Waals surface area contributed by atoms with Crippen LogP contribution in [-0.2, 0) is 24.1 Å². The molecule has 0 spiro atoms. The Labute approximate surface area is 128 Å². The standard InChI is InChI=1S/C13H18N6O2S/c1-18-11(7-10(15-18)8-3-4-8)22(20,21)17-13-14-12(9-5-6-9)16-19(13)2/h7-9H,3-6H2,1-2H3,(H,14,16,17). The largest absolute Gasteiger partial charge is 0.281 e. The van der Waals surface area contributed by atoms with Crippen molar-refractivity contribution in [3.63, 3.8) is 0 Å². The molecule has 2 fully saturated rings. The second-order valence-corrected chi connectivity index (χ2v) is 7.73. The van der Waals surface area contributed by atoms with Gasteiger partial charge in [-0.2, -0.15) is 23.6 Å². The molecule has 2 saturated carbocycles. The fourth-order valence-corrected chi connectivity index (χ4v) is 3.67. The predicted octanol–water partition coefficient (Wildman–Crippen LogP) is 1.10. The van der Waals surface area contributed by atoms with Gasteiger partial charge in [-0.05, 0) is 25.7 Å². The second-order valence-electron chi connectivity index (χ2n) is 6.10. The van der Waals surface area contributed by atoms with Crippen LogP contribution in [-0.4, -0.2) is 33.0 Å². The molecule has 2 aliphatic rings. The Hall–Kier alpha value is -1.90. The molecule has 118 valence electrons. The summed E-state index contributed by atoms with van der Waals surface area (Å²) in [5.74, 6) is 1.74. The highest BCUT2D eigenvalue weighted by Gasteiger charge is 2.32. The van der Waals surface area contributed by atoms with E-state index in [9.17, 15) is 8.42 Å². The fraction of sp³-hybridized carbons (Fsp3) is 0.615. The monoisotopic (exact) mass is 322 g/mol. The molecule has 8 nitrogen and oxygen atoms in total. The number of aryl methyl sites for hydroxylation is 2. The van der Waals surface area contributed by atoms with Crippen LogP contribution in [0.1, 0.15) is 49.0 Å². The van der Waals surface area contributed by atoms with E-state index in [-0.39, 0.29) is 11.0 Å². The normalized spacial score (nSPS) is 18.6. The van der Waals surface area contributed by atoms with Crippen LogP contribution in [0, 0.1) is 0 Å². The molecule has 22 heavy (non-hydrogen) atoms. The van der Waals surface area contributed by atoms with Crippen LogP contribution < -0.4 is 4.72 Å². The van der Waals surface area contributed by atoms with Crippen LogP contribution in [0.25, 0.3) is 0 Å². The summed E-state index contributed by atoms with van der Waals surface area (Å²) in [5.41, 5.74) is 0.847. The van der Waals surface area contributed by atoms with Crippen molar-refractivity contribution >= 4 is 16.0 Å². The Balaban J connectivity index is 1.63. The van der Waals surface area contributed by atoms with Crippen LogP contribution in [0.4, 0.5) is 5.95 Å². The quantitative estimate of drug-likeness (QED) is 0.889. The van der Waals surface area contributed by atoms with Gasteiger partial charge in [-0.1, -0.05) is 0 Å². The van der Waals surface area contributed by atoms with Crippen molar-refractivity contribution in [1.82, 2.24) is 24.5 Å². The molecular weight excluding hydrogens is 304 g/mol. The SMILES string of the molecule is Cn1nc(C2CC2)cc1S(=O)(=O)Nc1nc(C2CC2)nn1C. The van der Waals surface area contributed by atoms with Crippen molar-refractivity contribution in [2.75, 3.05) is 4.72 Å². The summed E-state index contributed by atoms with van der Waals surface area (Å²) >= 11 is 0. The first kappa shape index (κ1) is 13.7. The third kappa shape index (κ3) is 2.39. The summed E-state index contributed by atoms with van der Waals surface area (Å²) in [6.45, 7) is 0. The van der Waals surface area contributed by atoms with E-state index in [2.05, 4.69) is 19.9 Å². The van der Waals surface area contributed by atoms with Crippen molar-refractivity contribution < 1.29 is 8.42 Å². The van der Waals surface area contributed by atoms with Crippen LogP contribution in [0.3, 0.4) is 0 Å². The summed E-state index contributed by atoms with van der Waals surface area (Å²) in [6, 6.07) is 1.65. The first-order valence-corrected chi connectivity index (χ1v) is 8.90. The number of aromatic nitrogens is 5. The molecule has 4 rings (SSSR count). The zero-order chi connectivity index (χ0) is 15.5. The van der Waals surface area contributed by atoms with Gasteiger partial charge in [0, 0.05) is 32.0 Å². The van der Waals surface area contributed by atoms with E-state index in [0.29, 0.717) is 17.7 Å². The molecule has 2 aromatic heterocycles. The van der Waals surface area contributed by atoms with E-state index >= 15 is 0 Å². The molecule has 0 radical (unpaired) electrons. The minimum absolute atomic E-state index is 0.158. The summed E-state index contributed by atoms with van der Waals surface area (Å²) < 4.78 is 30.6. The lowest BCUT2D eigenvalue weighted by Crippen LogP contribution is -2.19. The molecule has 0 atom stereocenters. The van der Waals surface area contributed by atoms with Gasteiger partial charge in [0.1, 0.15) is 0 Å². The average molecular weight is 322 g/mol. The zero-order valence-electron chi connectivity index (χ0n) is 12.5. The van der Waals surface area contributed by atoms with E-state index in [1.165, 1.54) is 9.36 Å². The Morgan fingerprint density at radius 2 is 1.77 bits per heavy atom. The summed E-state index contributed by atoms with van der Waals surface area (Å²) in [4.78, 5) is 4.30. The number of nitrogens with one attached hydrogen (secondary N) is 1. The van der Waals surface area contributed by atoms with E-state index < -0.39 is 10.0 Å². The predicted molar refractivity (Wildman–Crippen MR) is 79.0 cm³/mol. The molecule has 0 aliphatic heterocycles. The summed E-state index contributed by atoms with van der Waals surface area (Å²) in [5, 5.41) is 8.73. The lowest BCUT2D eigenvalue weighted by atomic mass is 10.3. The van der Waals surface area contributed by atoms with Gasteiger partial charge in [0.2, 0.25) is 5.95 Å². The molecule has 2 aromatic rings. The van der Waals surface area contributed by atoms with E-state index in [0.717, 1.165) is 31.4 Å². The zero-order valence-corrected chi connectivity index (χ0v) is 13.3. The molecule has 0 saturated heterocycles. The van der Waals surface area contributed by atoms with Crippen molar-refractivity contribution in [3.8, 4) is 0 Å². The topological polar surface area (TPSA) is 94.7 Å². The van der Waals surface area contributed by atoms with Crippen LogP contribution in [0.15, 0.2) is 11.1 Å². The van der Waals surface area contributed by atoms with Gasteiger partial charge in [-0.25, -0.2) is 9.40 Å². The highest BCUT2D eigenvalue weighted by molar-refractivity contribution is 7.92. The van der Waals surface area contributed by atoms with Gasteiger partial charge in [0.05, 0.1) is 5.69 Å². The van der Waals surface area contributed by atoms with Crippen molar-refractivity contribution in [2.24, 2.45) is 14.1 Å². The molecule has 9 heteroatoms. The minimum atomic E-state index is -3.72. The van der Waals surface area contributed by atoms with Gasteiger partial charge in [0.15, 0.2) is 10.9 Å². The molecule has 1 N–H and O–H groups in total. The molecule has 0 amide bonds. The van der Waals surface area contributed by atoms with E-state index in [1.807, 2.05) is 0 Å². The highest BCUT2D eigenvalue weighted by Crippen LogP contribution is 2.40. The van der Waals surface area contributed by atoms with E-state index in [4.69, 9.17) is 0 Å². The Bertz CT molecular complexity index is 829. The van der Waals surface area contributed by atoms with Crippen LogP contribution in [0.5, 0.6) is 0 Å². The molecular formula is C13H18N6O2S. The van der Waals surface area contributed by atoms with Gasteiger partial charge in [-0.15, -0.1) is 0 Å². The lowest BCUT2D eigenvalue weighted by molar-refractivity contribution is 0.580.